The second-order valence-electron chi connectivity index (χ2n) is 14.1. The summed E-state index contributed by atoms with van der Waals surface area (Å²) >= 11 is 13.0. The molecule has 13 nitrogen and oxygen atoms in total. The molecule has 4 aliphatic rings. The minimum atomic E-state index is -4.92. The number of alkyl halides is 3. The Balaban J connectivity index is 1.01. The van der Waals surface area contributed by atoms with E-state index in [4.69, 9.17) is 37.2 Å². The number of carbonyl (C=O) groups excluding carboxylic acids is 1. The number of piperidine rings is 1. The number of carboxylic acids is 1. The first-order valence-corrected chi connectivity index (χ1v) is 17.8. The van der Waals surface area contributed by atoms with Crippen molar-refractivity contribution in [3.05, 3.63) is 75.4 Å². The van der Waals surface area contributed by atoms with Gasteiger partial charge in [0.25, 0.3) is 0 Å². The zero-order chi connectivity index (χ0) is 38.3. The van der Waals surface area contributed by atoms with Gasteiger partial charge in [0.2, 0.25) is 6.29 Å². The number of benzene rings is 1. The van der Waals surface area contributed by atoms with Crippen molar-refractivity contribution in [3.8, 4) is 11.3 Å². The van der Waals surface area contributed by atoms with Gasteiger partial charge < -0.3 is 39.3 Å². The Labute approximate surface area is 313 Å². The van der Waals surface area contributed by atoms with Crippen LogP contribution in [0.5, 0.6) is 0 Å². The maximum Gasteiger partial charge on any atom is 0.417 e. The Morgan fingerprint density at radius 3 is 2.30 bits per heavy atom. The number of aliphatic carboxylic acids is 1. The molecule has 0 bridgehead atoms. The Kier molecular flexibility index (Phi) is 9.13. The number of hydrogen-bond donors (Lipinski definition) is 4. The van der Waals surface area contributed by atoms with Crippen molar-refractivity contribution in [1.29, 1.82) is 0 Å². The first kappa shape index (κ1) is 36.6. The van der Waals surface area contributed by atoms with Crippen LogP contribution < -0.4 is 4.90 Å². The van der Waals surface area contributed by atoms with E-state index in [0.29, 0.717) is 46.1 Å². The van der Waals surface area contributed by atoms with Gasteiger partial charge in [0.05, 0.1) is 21.1 Å². The number of aliphatic hydroxyl groups is 3. The zero-order valence-electron chi connectivity index (χ0n) is 28.0. The molecule has 0 unspecified atom stereocenters. The van der Waals surface area contributed by atoms with Gasteiger partial charge in [-0.1, -0.05) is 34.4 Å². The lowest BCUT2D eigenvalue weighted by Crippen LogP contribution is -2.60. The van der Waals surface area contributed by atoms with E-state index < -0.39 is 60.1 Å². The molecule has 2 saturated heterocycles. The number of pyridine rings is 2. The van der Waals surface area contributed by atoms with E-state index >= 15 is 0 Å². The number of carboxylic acid groups (broad SMARTS) is 1. The van der Waals surface area contributed by atoms with Gasteiger partial charge in [-0.2, -0.15) is 13.2 Å². The van der Waals surface area contributed by atoms with Crippen molar-refractivity contribution in [1.82, 2.24) is 15.1 Å². The number of anilines is 1. The number of nitrogens with zero attached hydrogens (tertiary/aromatic N) is 4. The van der Waals surface area contributed by atoms with Crippen molar-refractivity contribution in [2.75, 3.05) is 18.0 Å². The summed E-state index contributed by atoms with van der Waals surface area (Å²) in [6.45, 7) is 1.12. The monoisotopic (exact) mass is 790 g/mol. The zero-order valence-corrected chi connectivity index (χ0v) is 29.5. The fourth-order valence-electron chi connectivity index (χ4n) is 7.52. The number of aliphatic hydroxyl groups excluding tert-OH is 3. The van der Waals surface area contributed by atoms with Crippen LogP contribution in [0, 0.1) is 5.41 Å². The van der Waals surface area contributed by atoms with Crippen molar-refractivity contribution in [2.45, 2.75) is 74.9 Å². The molecule has 1 aromatic carbocycles. The highest BCUT2D eigenvalue weighted by atomic mass is 35.5. The minimum Gasteiger partial charge on any atom is -0.479 e. The van der Waals surface area contributed by atoms with E-state index in [9.17, 15) is 43.2 Å². The smallest absolute Gasteiger partial charge is 0.417 e. The Morgan fingerprint density at radius 2 is 1.67 bits per heavy atom. The third-order valence-corrected chi connectivity index (χ3v) is 11.1. The van der Waals surface area contributed by atoms with E-state index in [1.165, 1.54) is 24.5 Å². The van der Waals surface area contributed by atoms with Gasteiger partial charge in [0, 0.05) is 53.6 Å². The molecule has 3 fully saturated rings. The van der Waals surface area contributed by atoms with Gasteiger partial charge in [-0.05, 0) is 67.4 Å². The third kappa shape index (κ3) is 6.47. The van der Waals surface area contributed by atoms with Crippen molar-refractivity contribution in [2.24, 2.45) is 5.41 Å². The Hall–Kier alpha value is -4.32. The Morgan fingerprint density at radius 1 is 0.981 bits per heavy atom. The largest absolute Gasteiger partial charge is 0.479 e. The van der Waals surface area contributed by atoms with E-state index in [1.807, 2.05) is 4.90 Å². The summed E-state index contributed by atoms with van der Waals surface area (Å²) in [7, 11) is 0. The lowest BCUT2D eigenvalue weighted by atomic mass is 9.63. The number of hydrogen-bond acceptors (Lipinski definition) is 12. The molecule has 4 aromatic rings. The molecule has 1 saturated carbocycles. The maximum atomic E-state index is 14.4. The molecule has 8 rings (SSSR count). The predicted octanol–water partition coefficient (Wildman–Crippen LogP) is 5.61. The quantitative estimate of drug-likeness (QED) is 0.169. The van der Waals surface area contributed by atoms with Crippen LogP contribution in [0.2, 0.25) is 10.0 Å². The van der Waals surface area contributed by atoms with Gasteiger partial charge >= 0.3 is 18.1 Å². The third-order valence-electron chi connectivity index (χ3n) is 10.6. The first-order valence-electron chi connectivity index (χ1n) is 17.1. The second kappa shape index (κ2) is 13.5. The summed E-state index contributed by atoms with van der Waals surface area (Å²) in [4.78, 5) is 34.5. The molecular formula is C36H31Cl2F3N4O9. The standard InChI is InChI=1S/C36H31Cl2F3N4O9/c37-20-13-42-14-21(38)25(20)26-24(30(54-44-26)15-1-2-15)16-11-35(12-16)5-7-45(8-6-35)17-3-4-22-18(9-17)19(36(39,40)41)10-23(43-22)33(51)53-34-29(48)27(46)28(47)31(52-34)32(49)50/h3-4,9-11,13-15,27-29,31,34,46-48H,1-2,5-8,12H2,(H,49,50)/t27-,28-,29+,31-,34-/m0/s1. The van der Waals surface area contributed by atoms with Crippen molar-refractivity contribution < 1.29 is 57.2 Å². The number of ether oxygens (including phenoxy) is 2. The lowest BCUT2D eigenvalue weighted by Gasteiger charge is -2.47. The summed E-state index contributed by atoms with van der Waals surface area (Å²) in [6, 6.07) is 4.84. The maximum absolute atomic E-state index is 14.4. The predicted molar refractivity (Wildman–Crippen MR) is 185 cm³/mol. The molecule has 2 aliphatic heterocycles. The fourth-order valence-corrected chi connectivity index (χ4v) is 8.07. The van der Waals surface area contributed by atoms with Crippen molar-refractivity contribution >= 4 is 57.3 Å². The molecule has 1 spiro atoms. The SMILES string of the molecule is O=C(O[C@@H]1O[C@H](C(=O)O)[C@@H](O)[C@H](O)[C@H]1O)c1cc(C(F)(F)F)c2cc(N3CCC4(C=C(c5c(-c6c(Cl)cncc6Cl)noc5C5CC5)C4)CC3)ccc2n1. The molecule has 0 radical (unpaired) electrons. The number of aromatic nitrogens is 3. The van der Waals surface area contributed by atoms with E-state index in [1.54, 1.807) is 6.07 Å². The fraction of sp³-hybridized carbons (Fsp3) is 0.417. The molecule has 284 valence electrons. The number of fused-ring (bicyclic) bond motifs is 1. The topological polar surface area (TPSA) is 189 Å². The number of halogens is 5. The van der Waals surface area contributed by atoms with Crippen LogP contribution in [0.1, 0.15) is 65.4 Å². The number of rotatable bonds is 7. The van der Waals surface area contributed by atoms with E-state index in [-0.39, 0.29) is 22.2 Å². The van der Waals surface area contributed by atoms with Gasteiger partial charge in [-0.25, -0.2) is 14.6 Å². The van der Waals surface area contributed by atoms with Gasteiger partial charge in [-0.15, -0.1) is 0 Å². The molecule has 18 heteroatoms. The summed E-state index contributed by atoms with van der Waals surface area (Å²) in [5, 5.41) is 44.2. The molecule has 4 N–H and O–H groups in total. The van der Waals surface area contributed by atoms with Crippen LogP contribution in [-0.4, -0.2) is 91.3 Å². The molecule has 54 heavy (non-hydrogen) atoms. The Bertz CT molecular complexity index is 2180. The highest BCUT2D eigenvalue weighted by Crippen LogP contribution is 2.56. The molecule has 5 heterocycles. The van der Waals surface area contributed by atoms with Crippen LogP contribution in [0.25, 0.3) is 27.7 Å². The summed E-state index contributed by atoms with van der Waals surface area (Å²) in [5.74, 6) is -2.11. The van der Waals surface area contributed by atoms with Gasteiger partial charge in [0.15, 0.2) is 6.10 Å². The summed E-state index contributed by atoms with van der Waals surface area (Å²) in [6.07, 6.45) is -5.87. The number of carbonyl (C=O) groups is 2. The second-order valence-corrected chi connectivity index (χ2v) is 14.9. The van der Waals surface area contributed by atoms with Crippen LogP contribution in [-0.2, 0) is 20.4 Å². The first-order chi connectivity index (χ1) is 25.6. The van der Waals surface area contributed by atoms with Gasteiger partial charge in [0.1, 0.15) is 35.5 Å². The van der Waals surface area contributed by atoms with Crippen LogP contribution in [0.4, 0.5) is 18.9 Å². The summed E-state index contributed by atoms with van der Waals surface area (Å²) < 4.78 is 59.0. The normalized spacial score (nSPS) is 25.4. The van der Waals surface area contributed by atoms with Crippen LogP contribution in [0.3, 0.4) is 0 Å². The number of allylic oxidation sites excluding steroid dienone is 2. The van der Waals surface area contributed by atoms with E-state index in [0.717, 1.165) is 49.0 Å². The average molecular weight is 792 g/mol. The molecule has 3 aromatic heterocycles. The van der Waals surface area contributed by atoms with Gasteiger partial charge in [-0.3, -0.25) is 4.98 Å². The molecule has 2 aliphatic carbocycles. The number of esters is 1. The average Bonchev–Trinajstić information content (AvgIpc) is 3.88. The molecular weight excluding hydrogens is 760 g/mol. The highest BCUT2D eigenvalue weighted by molar-refractivity contribution is 6.39. The minimum absolute atomic E-state index is 0.119. The van der Waals surface area contributed by atoms with Crippen LogP contribution >= 0.6 is 23.2 Å². The van der Waals surface area contributed by atoms with E-state index in [2.05, 4.69) is 21.2 Å². The lowest BCUT2D eigenvalue weighted by molar-refractivity contribution is -0.278. The van der Waals surface area contributed by atoms with Crippen molar-refractivity contribution in [3.63, 3.8) is 0 Å². The highest BCUT2D eigenvalue weighted by Gasteiger charge is 2.49. The van der Waals surface area contributed by atoms with Crippen LogP contribution in [0.15, 0.2) is 47.3 Å². The summed E-state index contributed by atoms with van der Waals surface area (Å²) in [5.41, 5.74) is 1.42. The molecule has 5 atom stereocenters. The molecule has 0 amide bonds.